The Morgan fingerprint density at radius 3 is 2.79 bits per heavy atom. The van der Waals surface area contributed by atoms with Gasteiger partial charge < -0.3 is 9.97 Å². The molecule has 4 rings (SSSR count). The maximum Gasteiger partial charge on any atom is 0.191 e. The van der Waals surface area contributed by atoms with Crippen molar-refractivity contribution in [2.24, 2.45) is 0 Å². The zero-order valence-electron chi connectivity index (χ0n) is 16.0. The van der Waals surface area contributed by atoms with E-state index in [4.69, 9.17) is 11.6 Å². The van der Waals surface area contributed by atoms with E-state index in [-0.39, 0.29) is 5.43 Å². The Morgan fingerprint density at radius 2 is 1.96 bits per heavy atom. The lowest BCUT2D eigenvalue weighted by atomic mass is 10.1. The number of hydrogen-bond donors (Lipinski definition) is 3. The number of halogens is 1. The van der Waals surface area contributed by atoms with Gasteiger partial charge in [-0.05, 0) is 48.7 Å². The molecule has 0 radical (unpaired) electrons. The van der Waals surface area contributed by atoms with Crippen molar-refractivity contribution >= 4 is 39.2 Å². The van der Waals surface area contributed by atoms with E-state index in [0.717, 1.165) is 40.8 Å². The molecule has 4 aromatic rings. The van der Waals surface area contributed by atoms with Crippen LogP contribution in [0.25, 0.3) is 21.8 Å². The van der Waals surface area contributed by atoms with Crippen molar-refractivity contribution in [3.63, 3.8) is 0 Å². The summed E-state index contributed by atoms with van der Waals surface area (Å²) in [5.74, 6) is 0.756. The molecule has 2 aromatic carbocycles. The lowest BCUT2D eigenvalue weighted by Crippen LogP contribution is -2.39. The van der Waals surface area contributed by atoms with Gasteiger partial charge in [0.2, 0.25) is 0 Å². The quantitative estimate of drug-likeness (QED) is 0.408. The van der Waals surface area contributed by atoms with E-state index >= 15 is 0 Å². The van der Waals surface area contributed by atoms with Crippen LogP contribution in [-0.2, 0) is 6.54 Å². The first-order chi connectivity index (χ1) is 13.6. The number of hydrogen-bond acceptors (Lipinski definition) is 3. The number of aryl methyl sites for hydroxylation is 1. The Hall–Kier alpha value is -2.76. The highest BCUT2D eigenvalue weighted by Gasteiger charge is 2.12. The second-order valence-electron chi connectivity index (χ2n) is 7.01. The summed E-state index contributed by atoms with van der Waals surface area (Å²) in [4.78, 5) is 19.2. The Kier molecular flexibility index (Phi) is 5.11. The van der Waals surface area contributed by atoms with Gasteiger partial charge in [-0.1, -0.05) is 30.7 Å². The number of aromatic nitrogens is 2. The van der Waals surface area contributed by atoms with Crippen molar-refractivity contribution in [3.8, 4) is 0 Å². The van der Waals surface area contributed by atoms with Crippen LogP contribution in [0, 0.1) is 6.92 Å². The van der Waals surface area contributed by atoms with E-state index in [1.165, 1.54) is 5.56 Å². The van der Waals surface area contributed by atoms with Gasteiger partial charge in [-0.25, -0.2) is 5.43 Å². The maximum atomic E-state index is 12.5. The zero-order chi connectivity index (χ0) is 19.7. The van der Waals surface area contributed by atoms with Crippen LogP contribution < -0.4 is 15.9 Å². The highest BCUT2D eigenvalue weighted by molar-refractivity contribution is 6.31. The Labute approximate surface area is 168 Å². The molecule has 5 nitrogen and oxygen atoms in total. The standard InChI is InChI=1S/C22H23ClN4O/c1-3-8-27(21-11-20(28)17-6-4-5-7-19(17)26-21)25-13-15-9-16(23)10-18-14(2)12-24-22(15)18/h4-7,9-12,24-25H,3,8,13H2,1-2H3,(H,26,28). The number of aromatic amines is 2. The minimum absolute atomic E-state index is 0.0115. The number of rotatable bonds is 6. The average Bonchev–Trinajstić information content (AvgIpc) is 3.05. The topological polar surface area (TPSA) is 63.9 Å². The van der Waals surface area contributed by atoms with Gasteiger partial charge in [0.05, 0.1) is 11.0 Å². The molecule has 0 bridgehead atoms. The van der Waals surface area contributed by atoms with Crippen molar-refractivity contribution in [1.82, 2.24) is 15.4 Å². The van der Waals surface area contributed by atoms with Crippen molar-refractivity contribution in [3.05, 3.63) is 75.0 Å². The van der Waals surface area contributed by atoms with Gasteiger partial charge in [0, 0.05) is 41.1 Å². The molecule has 6 heteroatoms. The summed E-state index contributed by atoms with van der Waals surface area (Å²) in [5.41, 5.74) is 7.64. The molecule has 0 saturated heterocycles. The second-order valence-corrected chi connectivity index (χ2v) is 7.45. The number of pyridine rings is 1. The number of benzene rings is 2. The predicted molar refractivity (Wildman–Crippen MR) is 117 cm³/mol. The van der Waals surface area contributed by atoms with Crippen LogP contribution in [0.5, 0.6) is 0 Å². The average molecular weight is 395 g/mol. The minimum Gasteiger partial charge on any atom is -0.361 e. The number of nitrogens with one attached hydrogen (secondary N) is 3. The molecule has 0 aliphatic heterocycles. The summed E-state index contributed by atoms with van der Waals surface area (Å²) in [6.45, 7) is 5.53. The first kappa shape index (κ1) is 18.6. The molecule has 2 aromatic heterocycles. The molecule has 144 valence electrons. The van der Waals surface area contributed by atoms with Gasteiger partial charge in [-0.3, -0.25) is 9.80 Å². The van der Waals surface area contributed by atoms with Crippen molar-refractivity contribution in [2.75, 3.05) is 11.6 Å². The summed E-state index contributed by atoms with van der Waals surface area (Å²) in [7, 11) is 0. The SMILES string of the molecule is CCCN(NCc1cc(Cl)cc2c(C)c[nH]c12)c1cc(=O)c2ccccc2[nH]1. The summed E-state index contributed by atoms with van der Waals surface area (Å²) in [6.07, 6.45) is 2.93. The molecule has 0 aliphatic rings. The summed E-state index contributed by atoms with van der Waals surface area (Å²) in [6, 6.07) is 13.2. The van der Waals surface area contributed by atoms with Crippen LogP contribution in [-0.4, -0.2) is 16.5 Å². The number of anilines is 1. The molecule has 3 N–H and O–H groups in total. The summed E-state index contributed by atoms with van der Waals surface area (Å²) >= 11 is 6.33. The van der Waals surface area contributed by atoms with E-state index in [1.54, 1.807) is 6.07 Å². The third-order valence-electron chi connectivity index (χ3n) is 4.96. The van der Waals surface area contributed by atoms with Crippen molar-refractivity contribution in [2.45, 2.75) is 26.8 Å². The Bertz CT molecular complexity index is 1190. The highest BCUT2D eigenvalue weighted by Crippen LogP contribution is 2.26. The molecule has 28 heavy (non-hydrogen) atoms. The van der Waals surface area contributed by atoms with Crippen LogP contribution in [0.2, 0.25) is 5.02 Å². The van der Waals surface area contributed by atoms with Gasteiger partial charge in [-0.2, -0.15) is 0 Å². The van der Waals surface area contributed by atoms with E-state index in [9.17, 15) is 4.79 Å². The third-order valence-corrected chi connectivity index (χ3v) is 5.18. The molecule has 0 spiro atoms. The lowest BCUT2D eigenvalue weighted by molar-refractivity contribution is 0.609. The largest absolute Gasteiger partial charge is 0.361 e. The molecular formula is C22H23ClN4O. The van der Waals surface area contributed by atoms with Gasteiger partial charge in [0.25, 0.3) is 0 Å². The van der Waals surface area contributed by atoms with E-state index < -0.39 is 0 Å². The number of H-pyrrole nitrogens is 2. The van der Waals surface area contributed by atoms with Crippen molar-refractivity contribution < 1.29 is 0 Å². The fraction of sp³-hybridized carbons (Fsp3) is 0.227. The molecule has 0 saturated carbocycles. The van der Waals surface area contributed by atoms with Gasteiger partial charge in [0.15, 0.2) is 5.43 Å². The minimum atomic E-state index is 0.0115. The van der Waals surface area contributed by atoms with E-state index in [1.807, 2.05) is 47.6 Å². The monoisotopic (exact) mass is 394 g/mol. The second kappa shape index (κ2) is 7.70. The van der Waals surface area contributed by atoms with Crippen molar-refractivity contribution in [1.29, 1.82) is 0 Å². The Balaban J connectivity index is 1.66. The van der Waals surface area contributed by atoms with Crippen LogP contribution in [0.3, 0.4) is 0 Å². The number of para-hydroxylation sites is 1. The van der Waals surface area contributed by atoms with Crippen LogP contribution >= 0.6 is 11.6 Å². The summed E-state index contributed by atoms with van der Waals surface area (Å²) in [5, 5.41) is 4.54. The molecule has 2 heterocycles. The first-order valence-corrected chi connectivity index (χ1v) is 9.84. The Morgan fingerprint density at radius 1 is 1.14 bits per heavy atom. The highest BCUT2D eigenvalue weighted by atomic mass is 35.5. The zero-order valence-corrected chi connectivity index (χ0v) is 16.7. The molecule has 0 fully saturated rings. The molecule has 0 atom stereocenters. The van der Waals surface area contributed by atoms with Crippen LogP contribution in [0.4, 0.5) is 5.82 Å². The number of hydrazine groups is 1. The van der Waals surface area contributed by atoms with E-state index in [0.29, 0.717) is 17.0 Å². The normalized spacial score (nSPS) is 11.4. The smallest absolute Gasteiger partial charge is 0.191 e. The maximum absolute atomic E-state index is 12.5. The van der Waals surface area contributed by atoms with Gasteiger partial charge in [0.1, 0.15) is 5.82 Å². The predicted octanol–water partition coefficient (Wildman–Crippen LogP) is 4.89. The third kappa shape index (κ3) is 3.51. The molecular weight excluding hydrogens is 372 g/mol. The van der Waals surface area contributed by atoms with Crippen LogP contribution in [0.1, 0.15) is 24.5 Å². The van der Waals surface area contributed by atoms with E-state index in [2.05, 4.69) is 29.2 Å². The van der Waals surface area contributed by atoms with Gasteiger partial charge >= 0.3 is 0 Å². The first-order valence-electron chi connectivity index (χ1n) is 9.46. The fourth-order valence-electron chi connectivity index (χ4n) is 3.56. The lowest BCUT2D eigenvalue weighted by Gasteiger charge is -2.25. The van der Waals surface area contributed by atoms with Gasteiger partial charge in [-0.15, -0.1) is 0 Å². The fourth-order valence-corrected chi connectivity index (χ4v) is 3.80. The van der Waals surface area contributed by atoms with Crippen LogP contribution in [0.15, 0.2) is 53.5 Å². The molecule has 0 aliphatic carbocycles. The molecule has 0 unspecified atom stereocenters. The summed E-state index contributed by atoms with van der Waals surface area (Å²) < 4.78 is 0. The number of nitrogens with zero attached hydrogens (tertiary/aromatic N) is 1. The molecule has 0 amide bonds. The number of fused-ring (bicyclic) bond motifs is 2.